The van der Waals surface area contributed by atoms with Crippen LogP contribution in [-0.2, 0) is 10.0 Å². The molecule has 5 nitrogen and oxygen atoms in total. The van der Waals surface area contributed by atoms with Crippen LogP contribution in [0.15, 0.2) is 41.1 Å². The predicted octanol–water partition coefficient (Wildman–Crippen LogP) is 1.13. The predicted molar refractivity (Wildman–Crippen MR) is 71.1 cm³/mol. The summed E-state index contributed by atoms with van der Waals surface area (Å²) in [5, 5.41) is 0. The number of benzene rings is 1. The summed E-state index contributed by atoms with van der Waals surface area (Å²) in [7, 11) is -0.618. The molecule has 0 atom stereocenters. The summed E-state index contributed by atoms with van der Waals surface area (Å²) in [4.78, 5) is 0.119. The monoisotopic (exact) mass is 288 g/mol. The van der Waals surface area contributed by atoms with Crippen molar-refractivity contribution in [3.05, 3.63) is 36.2 Å². The fourth-order valence-corrected chi connectivity index (χ4v) is 2.18. The molecule has 1 aromatic carbocycles. The molecule has 2 N–H and O–H groups in total. The Hall–Kier alpha value is -1.44. The Balaban J connectivity index is 2.90. The first-order valence-corrected chi connectivity index (χ1v) is 6.99. The molecule has 106 valence electrons. The van der Waals surface area contributed by atoms with Crippen molar-refractivity contribution >= 4 is 10.0 Å². The Morgan fingerprint density at radius 2 is 2.16 bits per heavy atom. The maximum absolute atomic E-state index is 12.3. The molecule has 0 bridgehead atoms. The van der Waals surface area contributed by atoms with Crippen LogP contribution >= 0.6 is 0 Å². The molecule has 0 radical (unpaired) electrons. The van der Waals surface area contributed by atoms with Crippen molar-refractivity contribution in [1.29, 1.82) is 0 Å². The largest absolute Gasteiger partial charge is 0.489 e. The molecule has 0 fully saturated rings. The van der Waals surface area contributed by atoms with Crippen LogP contribution in [0, 0.1) is 0 Å². The van der Waals surface area contributed by atoms with Crippen LogP contribution in [0.4, 0.5) is 4.39 Å². The van der Waals surface area contributed by atoms with E-state index in [2.05, 4.69) is 0 Å². The Bertz CT molecular complexity index is 556. The molecule has 0 aliphatic heterocycles. The van der Waals surface area contributed by atoms with Gasteiger partial charge in [0.25, 0.3) is 0 Å². The zero-order valence-electron chi connectivity index (χ0n) is 10.8. The highest BCUT2D eigenvalue weighted by molar-refractivity contribution is 7.89. The van der Waals surface area contributed by atoms with Crippen molar-refractivity contribution in [1.82, 2.24) is 4.31 Å². The summed E-state index contributed by atoms with van der Waals surface area (Å²) in [5.74, 6) is 0.343. The van der Waals surface area contributed by atoms with Gasteiger partial charge in [0.2, 0.25) is 10.0 Å². The zero-order chi connectivity index (χ0) is 14.5. The highest BCUT2D eigenvalue weighted by Gasteiger charge is 2.17. The summed E-state index contributed by atoms with van der Waals surface area (Å²) >= 11 is 0. The van der Waals surface area contributed by atoms with E-state index in [9.17, 15) is 12.8 Å². The van der Waals surface area contributed by atoms with Crippen LogP contribution in [0.2, 0.25) is 0 Å². The number of sulfonamides is 1. The second-order valence-electron chi connectivity index (χ2n) is 4.02. The second kappa shape index (κ2) is 6.65. The Morgan fingerprint density at radius 3 is 2.68 bits per heavy atom. The van der Waals surface area contributed by atoms with Crippen molar-refractivity contribution in [3.8, 4) is 5.75 Å². The molecule has 0 saturated heterocycles. The number of rotatable bonds is 6. The molecule has 0 heterocycles. The minimum Gasteiger partial charge on any atom is -0.489 e. The lowest BCUT2D eigenvalue weighted by Crippen LogP contribution is -2.22. The van der Waals surface area contributed by atoms with E-state index in [1.807, 2.05) is 0 Å². The number of hydrogen-bond donors (Lipinski definition) is 1. The molecular formula is C12H17FN2O3S. The standard InChI is InChI=1S/C12H17FN2O3S/c1-15(2)19(16,17)12-5-3-4-11(6-12)18-9-10(7-13)8-14/h3-7H,8-9,14H2,1-2H3/b10-7-. The van der Waals surface area contributed by atoms with Crippen LogP contribution in [0.5, 0.6) is 5.75 Å². The van der Waals surface area contributed by atoms with Gasteiger partial charge in [0.05, 0.1) is 11.2 Å². The van der Waals surface area contributed by atoms with E-state index in [1.165, 1.54) is 26.2 Å². The van der Waals surface area contributed by atoms with Crippen LogP contribution in [-0.4, -0.2) is 40.0 Å². The van der Waals surface area contributed by atoms with Gasteiger partial charge in [-0.1, -0.05) is 6.07 Å². The third-order valence-electron chi connectivity index (χ3n) is 2.42. The Labute approximate surface area is 112 Å². The van der Waals surface area contributed by atoms with Crippen molar-refractivity contribution in [3.63, 3.8) is 0 Å². The van der Waals surface area contributed by atoms with Gasteiger partial charge >= 0.3 is 0 Å². The van der Waals surface area contributed by atoms with Gasteiger partial charge in [-0.3, -0.25) is 0 Å². The fraction of sp³-hybridized carbons (Fsp3) is 0.333. The van der Waals surface area contributed by atoms with Gasteiger partial charge in [0.15, 0.2) is 0 Å². The number of hydrogen-bond acceptors (Lipinski definition) is 4. The van der Waals surface area contributed by atoms with E-state index in [0.717, 1.165) is 4.31 Å². The van der Waals surface area contributed by atoms with E-state index >= 15 is 0 Å². The molecular weight excluding hydrogens is 271 g/mol. The van der Waals surface area contributed by atoms with Gasteiger partial charge in [-0.25, -0.2) is 17.1 Å². The van der Waals surface area contributed by atoms with Crippen molar-refractivity contribution in [2.75, 3.05) is 27.2 Å². The third kappa shape index (κ3) is 4.02. The van der Waals surface area contributed by atoms with E-state index in [1.54, 1.807) is 12.1 Å². The third-order valence-corrected chi connectivity index (χ3v) is 4.24. The summed E-state index contributed by atoms with van der Waals surface area (Å²) in [6.45, 7) is 0.0324. The number of nitrogens with zero attached hydrogens (tertiary/aromatic N) is 1. The van der Waals surface area contributed by atoms with Crippen LogP contribution in [0.1, 0.15) is 0 Å². The van der Waals surface area contributed by atoms with E-state index in [4.69, 9.17) is 10.5 Å². The minimum absolute atomic E-state index is 0.0154. The first kappa shape index (κ1) is 15.6. The van der Waals surface area contributed by atoms with Crippen molar-refractivity contribution in [2.45, 2.75) is 4.90 Å². The molecule has 1 aromatic rings. The number of ether oxygens (including phenoxy) is 1. The molecule has 0 aromatic heterocycles. The number of halogens is 1. The summed E-state index contributed by atoms with van der Waals surface area (Å²) in [6, 6.07) is 6.02. The lowest BCUT2D eigenvalue weighted by atomic mass is 10.3. The van der Waals surface area contributed by atoms with Gasteiger partial charge in [0, 0.05) is 32.3 Å². The van der Waals surface area contributed by atoms with Crippen LogP contribution in [0.25, 0.3) is 0 Å². The second-order valence-corrected chi connectivity index (χ2v) is 6.17. The fourth-order valence-electron chi connectivity index (χ4n) is 1.25. The Kier molecular flexibility index (Phi) is 5.46. The maximum Gasteiger partial charge on any atom is 0.242 e. The van der Waals surface area contributed by atoms with Gasteiger partial charge in [-0.2, -0.15) is 0 Å². The molecule has 0 saturated carbocycles. The highest BCUT2D eigenvalue weighted by Crippen LogP contribution is 2.20. The molecule has 19 heavy (non-hydrogen) atoms. The average molecular weight is 288 g/mol. The first-order chi connectivity index (χ1) is 8.91. The molecule has 0 amide bonds. The smallest absolute Gasteiger partial charge is 0.242 e. The summed E-state index contributed by atoms with van der Waals surface area (Å²) < 4.78 is 42.5. The van der Waals surface area contributed by atoms with Crippen molar-refractivity contribution in [2.24, 2.45) is 5.73 Å². The SMILES string of the molecule is CN(C)S(=O)(=O)c1cccc(OC/C(=C\F)CN)c1. The lowest BCUT2D eigenvalue weighted by Gasteiger charge is -2.13. The summed E-state index contributed by atoms with van der Waals surface area (Å²) in [6.07, 6.45) is 0.389. The molecule has 0 aliphatic carbocycles. The molecule has 1 rings (SSSR count). The summed E-state index contributed by atoms with van der Waals surface area (Å²) in [5.41, 5.74) is 5.59. The van der Waals surface area contributed by atoms with Gasteiger partial charge in [-0.15, -0.1) is 0 Å². The Morgan fingerprint density at radius 1 is 1.47 bits per heavy atom. The lowest BCUT2D eigenvalue weighted by molar-refractivity contribution is 0.346. The molecule has 0 unspecified atom stereocenters. The highest BCUT2D eigenvalue weighted by atomic mass is 32.2. The van der Waals surface area contributed by atoms with Crippen LogP contribution in [0.3, 0.4) is 0 Å². The van der Waals surface area contributed by atoms with E-state index < -0.39 is 10.0 Å². The van der Waals surface area contributed by atoms with Crippen LogP contribution < -0.4 is 10.5 Å². The van der Waals surface area contributed by atoms with Crippen molar-refractivity contribution < 1.29 is 17.5 Å². The zero-order valence-corrected chi connectivity index (χ0v) is 11.7. The maximum atomic E-state index is 12.3. The van der Waals surface area contributed by atoms with Gasteiger partial charge < -0.3 is 10.5 Å². The topological polar surface area (TPSA) is 72.6 Å². The number of nitrogens with two attached hydrogens (primary N) is 1. The van der Waals surface area contributed by atoms with Gasteiger partial charge in [-0.05, 0) is 12.1 Å². The van der Waals surface area contributed by atoms with E-state index in [0.29, 0.717) is 17.7 Å². The molecule has 7 heteroatoms. The van der Waals surface area contributed by atoms with E-state index in [-0.39, 0.29) is 18.0 Å². The minimum atomic E-state index is -3.51. The normalized spacial score (nSPS) is 12.8. The van der Waals surface area contributed by atoms with Gasteiger partial charge in [0.1, 0.15) is 12.4 Å². The quantitative estimate of drug-likeness (QED) is 0.851. The average Bonchev–Trinajstić information content (AvgIpc) is 2.40. The molecule has 0 aliphatic rings. The first-order valence-electron chi connectivity index (χ1n) is 5.55. The molecule has 0 spiro atoms.